The SMILES string of the molecule is CNC(=O)c1c(-c2ccc(C)cc2)oc2cc(N(C)S(C)(=O)=O)c([C@H]3CCCN(c4nc5ccccc5[nH]4)C3)cc12. The standard InChI is InChI=1S/C31H33N5O4S/c1-19-11-13-20(14-12-19)29-28(30(37)32-2)23-16-22(26(17-27(23)40-29)35(3)41(4,38)39)21-8-7-15-36(18-21)31-33-24-9-5-6-10-25(24)34-31/h5-6,9-14,16-17,21H,7-8,15,18H2,1-4H3,(H,32,37)(H,33,34)/t21-/m0/s1. The van der Waals surface area contributed by atoms with Crippen LogP contribution >= 0.6 is 0 Å². The molecule has 1 atom stereocenters. The van der Waals surface area contributed by atoms with E-state index < -0.39 is 10.0 Å². The molecule has 6 rings (SSSR count). The number of anilines is 2. The Kier molecular flexibility index (Phi) is 6.73. The lowest BCUT2D eigenvalue weighted by molar-refractivity contribution is 0.0964. The van der Waals surface area contributed by atoms with Crippen molar-refractivity contribution < 1.29 is 17.6 Å². The molecule has 1 fully saturated rings. The summed E-state index contributed by atoms with van der Waals surface area (Å²) in [5, 5.41) is 3.41. The maximum absolute atomic E-state index is 13.2. The minimum Gasteiger partial charge on any atom is -0.455 e. The third kappa shape index (κ3) is 4.93. The Morgan fingerprint density at radius 2 is 1.90 bits per heavy atom. The number of aryl methyl sites for hydroxylation is 1. The number of para-hydroxylation sites is 2. The van der Waals surface area contributed by atoms with Gasteiger partial charge in [0, 0.05) is 50.1 Å². The van der Waals surface area contributed by atoms with E-state index in [0.717, 1.165) is 53.1 Å². The van der Waals surface area contributed by atoms with Crippen LogP contribution in [-0.2, 0) is 10.0 Å². The molecule has 0 unspecified atom stereocenters. The van der Waals surface area contributed by atoms with Crippen molar-refractivity contribution in [3.05, 3.63) is 77.4 Å². The highest BCUT2D eigenvalue weighted by molar-refractivity contribution is 7.92. The van der Waals surface area contributed by atoms with Crippen molar-refractivity contribution in [1.82, 2.24) is 15.3 Å². The first-order valence-corrected chi connectivity index (χ1v) is 15.5. The molecule has 0 radical (unpaired) electrons. The topological polar surface area (TPSA) is 112 Å². The Morgan fingerprint density at radius 3 is 2.61 bits per heavy atom. The normalized spacial score (nSPS) is 15.9. The molecule has 2 N–H and O–H groups in total. The summed E-state index contributed by atoms with van der Waals surface area (Å²) < 4.78 is 33.2. The first-order valence-electron chi connectivity index (χ1n) is 13.7. The number of carbonyl (C=O) groups is 1. The number of aromatic amines is 1. The van der Waals surface area contributed by atoms with Gasteiger partial charge >= 0.3 is 0 Å². The molecule has 5 aromatic rings. The molecular formula is C31H33N5O4S. The van der Waals surface area contributed by atoms with Crippen molar-refractivity contribution in [1.29, 1.82) is 0 Å². The van der Waals surface area contributed by atoms with E-state index in [-0.39, 0.29) is 11.8 Å². The second-order valence-electron chi connectivity index (χ2n) is 10.8. The van der Waals surface area contributed by atoms with Crippen molar-refractivity contribution in [3.63, 3.8) is 0 Å². The van der Waals surface area contributed by atoms with E-state index >= 15 is 0 Å². The third-order valence-corrected chi connectivity index (χ3v) is 9.17. The zero-order chi connectivity index (χ0) is 28.9. The summed E-state index contributed by atoms with van der Waals surface area (Å²) in [6.07, 6.45) is 2.97. The van der Waals surface area contributed by atoms with Crippen LogP contribution in [0.25, 0.3) is 33.3 Å². The van der Waals surface area contributed by atoms with Gasteiger partial charge in [0.15, 0.2) is 0 Å². The van der Waals surface area contributed by atoms with Crippen LogP contribution in [0.15, 0.2) is 65.1 Å². The Hall–Kier alpha value is -4.31. The number of H-pyrrole nitrogens is 1. The van der Waals surface area contributed by atoms with E-state index in [1.54, 1.807) is 20.2 Å². The van der Waals surface area contributed by atoms with E-state index in [4.69, 9.17) is 9.40 Å². The van der Waals surface area contributed by atoms with E-state index in [2.05, 4.69) is 15.2 Å². The average Bonchev–Trinajstić information content (AvgIpc) is 3.57. The van der Waals surface area contributed by atoms with Gasteiger partial charge in [0.2, 0.25) is 16.0 Å². The molecule has 0 spiro atoms. The van der Waals surface area contributed by atoms with E-state index in [9.17, 15) is 13.2 Å². The molecule has 9 nitrogen and oxygen atoms in total. The number of aromatic nitrogens is 2. The van der Waals surface area contributed by atoms with Gasteiger partial charge in [0.25, 0.3) is 5.91 Å². The minimum absolute atomic E-state index is 0.00387. The summed E-state index contributed by atoms with van der Waals surface area (Å²) in [7, 11) is -0.414. The highest BCUT2D eigenvalue weighted by Crippen LogP contribution is 2.42. The van der Waals surface area contributed by atoms with E-state index in [1.165, 1.54) is 10.6 Å². The van der Waals surface area contributed by atoms with Gasteiger partial charge in [0.05, 0.1) is 28.5 Å². The number of fused-ring (bicyclic) bond motifs is 2. The summed E-state index contributed by atoms with van der Waals surface area (Å²) in [5.41, 5.74) is 6.04. The van der Waals surface area contributed by atoms with Crippen LogP contribution in [0.4, 0.5) is 11.6 Å². The van der Waals surface area contributed by atoms with Gasteiger partial charge in [0.1, 0.15) is 11.3 Å². The highest BCUT2D eigenvalue weighted by Gasteiger charge is 2.31. The van der Waals surface area contributed by atoms with Crippen molar-refractivity contribution in [2.45, 2.75) is 25.7 Å². The van der Waals surface area contributed by atoms with Crippen LogP contribution in [0.3, 0.4) is 0 Å². The van der Waals surface area contributed by atoms with E-state index in [0.29, 0.717) is 34.5 Å². The summed E-state index contributed by atoms with van der Waals surface area (Å²) in [6.45, 7) is 3.48. The molecule has 1 amide bonds. The van der Waals surface area contributed by atoms with Crippen LogP contribution in [0.1, 0.15) is 40.2 Å². The quantitative estimate of drug-likeness (QED) is 0.281. The molecule has 212 valence electrons. The number of sulfonamides is 1. The molecule has 1 saturated heterocycles. The van der Waals surface area contributed by atoms with Gasteiger partial charge in [-0.3, -0.25) is 9.10 Å². The number of hydrogen-bond acceptors (Lipinski definition) is 6. The number of nitrogens with zero attached hydrogens (tertiary/aromatic N) is 3. The van der Waals surface area contributed by atoms with Crippen LogP contribution in [0, 0.1) is 6.92 Å². The number of carbonyl (C=O) groups excluding carboxylic acids is 1. The lowest BCUT2D eigenvalue weighted by atomic mass is 9.88. The molecule has 3 aromatic carbocycles. The molecule has 41 heavy (non-hydrogen) atoms. The number of benzene rings is 3. The van der Waals surface area contributed by atoms with Gasteiger partial charge in [-0.25, -0.2) is 13.4 Å². The largest absolute Gasteiger partial charge is 0.455 e. The minimum atomic E-state index is -3.57. The molecule has 10 heteroatoms. The monoisotopic (exact) mass is 571 g/mol. The molecular weight excluding hydrogens is 538 g/mol. The number of furan rings is 1. The zero-order valence-corrected chi connectivity index (χ0v) is 24.4. The predicted molar refractivity (Wildman–Crippen MR) is 163 cm³/mol. The predicted octanol–water partition coefficient (Wildman–Crippen LogP) is 5.42. The summed E-state index contributed by atoms with van der Waals surface area (Å²) >= 11 is 0. The number of piperidine rings is 1. The second-order valence-corrected chi connectivity index (χ2v) is 12.8. The fourth-order valence-electron chi connectivity index (χ4n) is 5.70. The fraction of sp³-hybridized carbons (Fsp3) is 0.290. The zero-order valence-electron chi connectivity index (χ0n) is 23.6. The number of amides is 1. The van der Waals surface area contributed by atoms with Gasteiger partial charge in [-0.2, -0.15) is 0 Å². The van der Waals surface area contributed by atoms with E-state index in [1.807, 2.05) is 61.5 Å². The maximum Gasteiger partial charge on any atom is 0.255 e. The van der Waals surface area contributed by atoms with Crippen molar-refractivity contribution in [3.8, 4) is 11.3 Å². The van der Waals surface area contributed by atoms with Crippen LogP contribution < -0.4 is 14.5 Å². The number of hydrogen-bond donors (Lipinski definition) is 2. The van der Waals surface area contributed by atoms with Gasteiger partial charge < -0.3 is 19.6 Å². The van der Waals surface area contributed by atoms with Crippen LogP contribution in [-0.4, -0.2) is 57.7 Å². The van der Waals surface area contributed by atoms with Crippen molar-refractivity contribution in [2.24, 2.45) is 0 Å². The molecule has 3 heterocycles. The average molecular weight is 572 g/mol. The number of rotatable bonds is 6. The summed E-state index contributed by atoms with van der Waals surface area (Å²) in [4.78, 5) is 23.7. The lowest BCUT2D eigenvalue weighted by Gasteiger charge is -2.34. The molecule has 0 saturated carbocycles. The smallest absolute Gasteiger partial charge is 0.255 e. The Morgan fingerprint density at radius 1 is 1.15 bits per heavy atom. The molecule has 1 aliphatic heterocycles. The molecule has 0 bridgehead atoms. The number of nitrogens with one attached hydrogen (secondary N) is 2. The van der Waals surface area contributed by atoms with Gasteiger partial charge in [-0.05, 0) is 43.5 Å². The Balaban J connectivity index is 1.50. The Labute approximate surface area is 239 Å². The molecule has 0 aliphatic carbocycles. The van der Waals surface area contributed by atoms with Gasteiger partial charge in [-0.15, -0.1) is 0 Å². The lowest BCUT2D eigenvalue weighted by Crippen LogP contribution is -2.36. The van der Waals surface area contributed by atoms with Gasteiger partial charge in [-0.1, -0.05) is 42.0 Å². The van der Waals surface area contributed by atoms with Crippen molar-refractivity contribution >= 4 is 49.6 Å². The van der Waals surface area contributed by atoms with Crippen LogP contribution in [0.2, 0.25) is 0 Å². The summed E-state index contributed by atoms with van der Waals surface area (Å²) in [5.74, 6) is 0.987. The number of imidazole rings is 1. The Bertz CT molecular complexity index is 1840. The molecule has 1 aliphatic rings. The first-order chi connectivity index (χ1) is 19.6. The maximum atomic E-state index is 13.2. The highest BCUT2D eigenvalue weighted by atomic mass is 32.2. The fourth-order valence-corrected chi connectivity index (χ4v) is 6.21. The first kappa shape index (κ1) is 26.9. The van der Waals surface area contributed by atoms with Crippen LogP contribution in [0.5, 0.6) is 0 Å². The third-order valence-electron chi connectivity index (χ3n) is 7.98. The van der Waals surface area contributed by atoms with Crippen molar-refractivity contribution in [2.75, 3.05) is 42.6 Å². The second kappa shape index (κ2) is 10.3. The molecule has 2 aromatic heterocycles. The summed E-state index contributed by atoms with van der Waals surface area (Å²) in [6, 6.07) is 19.4.